The summed E-state index contributed by atoms with van der Waals surface area (Å²) in [4.78, 5) is 16.1. The number of aliphatic imine (C=N–C) groups is 1. The highest BCUT2D eigenvalue weighted by atomic mass is 15.3. The molecule has 0 amide bonds. The lowest BCUT2D eigenvalue weighted by molar-refractivity contribution is 0.405. The van der Waals surface area contributed by atoms with Crippen LogP contribution in [0.2, 0.25) is 0 Å². The number of nitrogens with zero attached hydrogens (tertiary/aromatic N) is 5. The topological polar surface area (TPSA) is 36.7 Å². The van der Waals surface area contributed by atoms with Crippen molar-refractivity contribution in [3.63, 3.8) is 0 Å². The molecule has 5 nitrogen and oxygen atoms in total. The molecule has 5 heteroatoms. The largest absolute Gasteiger partial charge is 0.318 e. The van der Waals surface area contributed by atoms with Crippen LogP contribution < -0.4 is 9.80 Å². The molecule has 4 heterocycles. The highest BCUT2D eigenvalue weighted by Gasteiger charge is 2.49. The second-order valence-electron chi connectivity index (χ2n) is 21.4. The van der Waals surface area contributed by atoms with Crippen LogP contribution in [0.1, 0.15) is 104 Å². The number of para-hydroxylation sites is 3. The van der Waals surface area contributed by atoms with E-state index in [0.29, 0.717) is 0 Å². The van der Waals surface area contributed by atoms with Gasteiger partial charge in [0.1, 0.15) is 11.7 Å². The van der Waals surface area contributed by atoms with Gasteiger partial charge < -0.3 is 9.80 Å². The van der Waals surface area contributed by atoms with Crippen LogP contribution in [-0.4, -0.2) is 27.0 Å². The molecule has 7 aromatic carbocycles. The van der Waals surface area contributed by atoms with Gasteiger partial charge in [0.15, 0.2) is 0 Å². The van der Waals surface area contributed by atoms with Crippen LogP contribution >= 0.6 is 0 Å². The van der Waals surface area contributed by atoms with Crippen LogP contribution in [0, 0.1) is 20.8 Å². The predicted octanol–water partition coefficient (Wildman–Crippen LogP) is 15.8. The zero-order valence-corrected chi connectivity index (χ0v) is 41.1. The van der Waals surface area contributed by atoms with Gasteiger partial charge in [-0.05, 0) is 139 Å². The van der Waals surface area contributed by atoms with Gasteiger partial charge in [-0.3, -0.25) is 9.56 Å². The van der Waals surface area contributed by atoms with E-state index in [1.807, 2.05) is 6.20 Å². The lowest BCUT2D eigenvalue weighted by atomic mass is 9.73. The van der Waals surface area contributed by atoms with Crippen molar-refractivity contribution in [3.8, 4) is 5.82 Å². The minimum Gasteiger partial charge on any atom is -0.318 e. The first-order valence-electron chi connectivity index (χ1n) is 24.2. The highest BCUT2D eigenvalue weighted by Crippen LogP contribution is 2.54. The number of pyridine rings is 1. The molecule has 1 atom stereocenters. The van der Waals surface area contributed by atoms with Crippen molar-refractivity contribution in [2.24, 2.45) is 4.99 Å². The minimum absolute atomic E-state index is 0.0248. The first-order valence-corrected chi connectivity index (χ1v) is 24.2. The monoisotopic (exact) mass is 887 g/mol. The fourth-order valence-electron chi connectivity index (χ4n) is 11.6. The average Bonchev–Trinajstić information content (AvgIpc) is 3.79. The Kier molecular flexibility index (Phi) is 10.2. The molecule has 0 saturated carbocycles. The number of aryl methyl sites for hydroxylation is 3. The predicted molar refractivity (Wildman–Crippen MR) is 286 cm³/mol. The van der Waals surface area contributed by atoms with Crippen LogP contribution in [0.3, 0.4) is 0 Å². The maximum atomic E-state index is 5.99. The van der Waals surface area contributed by atoms with E-state index in [9.17, 15) is 0 Å². The molecule has 9 aromatic rings. The van der Waals surface area contributed by atoms with Gasteiger partial charge in [0.2, 0.25) is 0 Å². The van der Waals surface area contributed by atoms with Crippen LogP contribution in [0.4, 0.5) is 22.7 Å². The zero-order chi connectivity index (χ0) is 47.3. The van der Waals surface area contributed by atoms with Crippen LogP contribution in [0.25, 0.3) is 27.6 Å². The summed E-state index contributed by atoms with van der Waals surface area (Å²) in [7, 11) is 0. The Morgan fingerprint density at radius 1 is 0.574 bits per heavy atom. The molecule has 2 aromatic heterocycles. The van der Waals surface area contributed by atoms with Crippen LogP contribution in [0.5, 0.6) is 0 Å². The molecule has 0 unspecified atom stereocenters. The molecule has 2 aliphatic heterocycles. The summed E-state index contributed by atoms with van der Waals surface area (Å²) >= 11 is 0. The number of hydrogen-bond acceptors (Lipinski definition) is 4. The van der Waals surface area contributed by atoms with Crippen molar-refractivity contribution in [3.05, 3.63) is 226 Å². The SMILES string of the molecule is Cc1cc(C2=N[C@H](C(c3ccccc3)c3ccccc3)C(C)(C)N2c2c(C)cccc2C)cc(N2c3ccccc3C(C)(C)c3cc4c5ccccc5n(-c5cc(C(C)(C)C)ccn5)c4cc32)c1. The maximum absolute atomic E-state index is 5.99. The van der Waals surface area contributed by atoms with Gasteiger partial charge in [-0.1, -0.05) is 150 Å². The van der Waals surface area contributed by atoms with Crippen molar-refractivity contribution < 1.29 is 0 Å². The molecule has 338 valence electrons. The Balaban J connectivity index is 1.16. The number of aromatic nitrogens is 2. The molecule has 0 aliphatic carbocycles. The molecule has 0 spiro atoms. The first kappa shape index (κ1) is 43.3. The number of anilines is 4. The lowest BCUT2D eigenvalue weighted by Crippen LogP contribution is -2.51. The Morgan fingerprint density at radius 3 is 1.91 bits per heavy atom. The van der Waals surface area contributed by atoms with E-state index in [-0.39, 0.29) is 22.8 Å². The first-order chi connectivity index (χ1) is 32.6. The summed E-state index contributed by atoms with van der Waals surface area (Å²) in [6.45, 7) is 23.1. The summed E-state index contributed by atoms with van der Waals surface area (Å²) in [6.07, 6.45) is 1.97. The molecule has 2 aliphatic rings. The highest BCUT2D eigenvalue weighted by molar-refractivity contribution is 6.15. The summed E-state index contributed by atoms with van der Waals surface area (Å²) < 4.78 is 2.38. The van der Waals surface area contributed by atoms with E-state index in [1.54, 1.807) is 0 Å². The van der Waals surface area contributed by atoms with Gasteiger partial charge >= 0.3 is 0 Å². The smallest absolute Gasteiger partial charge is 0.137 e. The molecule has 0 saturated heterocycles. The van der Waals surface area contributed by atoms with E-state index < -0.39 is 5.54 Å². The number of rotatable bonds is 7. The van der Waals surface area contributed by atoms with E-state index in [2.05, 4.69) is 253 Å². The third kappa shape index (κ3) is 6.88. The van der Waals surface area contributed by atoms with Crippen molar-refractivity contribution in [2.75, 3.05) is 9.80 Å². The Hall–Kier alpha value is -7.24. The number of amidine groups is 1. The van der Waals surface area contributed by atoms with Gasteiger partial charge in [-0.2, -0.15) is 0 Å². The third-order valence-electron chi connectivity index (χ3n) is 15.0. The van der Waals surface area contributed by atoms with Crippen molar-refractivity contribution in [2.45, 2.75) is 97.6 Å². The van der Waals surface area contributed by atoms with Crippen LogP contribution in [0.15, 0.2) is 181 Å². The Bertz CT molecular complexity index is 3380. The van der Waals surface area contributed by atoms with Crippen LogP contribution in [-0.2, 0) is 10.8 Å². The Labute approximate surface area is 402 Å². The van der Waals surface area contributed by atoms with Gasteiger partial charge in [0.05, 0.1) is 34.0 Å². The van der Waals surface area contributed by atoms with E-state index >= 15 is 0 Å². The molecule has 11 rings (SSSR count). The van der Waals surface area contributed by atoms with Gasteiger partial charge in [0, 0.05) is 45.2 Å². The minimum atomic E-state index is -0.418. The molecular weight excluding hydrogens is 827 g/mol. The summed E-state index contributed by atoms with van der Waals surface area (Å²) in [5.74, 6) is 1.94. The molecule has 0 fully saturated rings. The molecule has 0 N–H and O–H groups in total. The third-order valence-corrected chi connectivity index (χ3v) is 15.0. The summed E-state index contributed by atoms with van der Waals surface area (Å²) in [5, 5.41) is 2.45. The molecule has 68 heavy (non-hydrogen) atoms. The van der Waals surface area contributed by atoms with E-state index in [4.69, 9.17) is 9.98 Å². The number of hydrogen-bond donors (Lipinski definition) is 0. The van der Waals surface area contributed by atoms with Gasteiger partial charge in [0.25, 0.3) is 0 Å². The molecule has 0 radical (unpaired) electrons. The van der Waals surface area contributed by atoms with E-state index in [1.165, 1.54) is 72.3 Å². The Morgan fingerprint density at radius 2 is 1.22 bits per heavy atom. The van der Waals surface area contributed by atoms with Crippen molar-refractivity contribution >= 4 is 50.4 Å². The molecular formula is C63H61N5. The zero-order valence-electron chi connectivity index (χ0n) is 41.1. The van der Waals surface area contributed by atoms with Gasteiger partial charge in [-0.15, -0.1) is 0 Å². The second kappa shape index (κ2) is 15.9. The average molecular weight is 888 g/mol. The molecule has 0 bridgehead atoms. The van der Waals surface area contributed by atoms with Crippen molar-refractivity contribution in [1.82, 2.24) is 9.55 Å². The normalized spacial score (nSPS) is 16.3. The number of benzene rings is 7. The fourth-order valence-corrected chi connectivity index (χ4v) is 11.6. The van der Waals surface area contributed by atoms with Gasteiger partial charge in [-0.25, -0.2) is 4.98 Å². The quantitative estimate of drug-likeness (QED) is 0.160. The lowest BCUT2D eigenvalue weighted by Gasteiger charge is -2.43. The fraction of sp³-hybridized carbons (Fsp3) is 0.238. The maximum Gasteiger partial charge on any atom is 0.137 e. The standard InChI is InChI=1S/C63H61N5/c1-40-34-45(60-65-59(63(9,10)68(60)58-41(2)22-21-23-42(58)3)57(43-24-13-11-14-25-43)44-26-15-12-16-27-44)36-47(35-40)66-53-31-20-18-29-50(53)62(7,8)51-38-49-48-28-17-19-30-52(48)67(54(49)39-55(51)66)56-37-46(32-33-64-56)61(4,5)6/h11-39,57,59H,1-10H3/t59-/m1/s1. The second-order valence-corrected chi connectivity index (χ2v) is 21.4. The summed E-state index contributed by atoms with van der Waals surface area (Å²) in [5.41, 5.74) is 17.3. The van der Waals surface area contributed by atoms with Crippen molar-refractivity contribution in [1.29, 1.82) is 0 Å². The summed E-state index contributed by atoms with van der Waals surface area (Å²) in [6, 6.07) is 62.8. The number of fused-ring (bicyclic) bond motifs is 5. The van der Waals surface area contributed by atoms with E-state index in [0.717, 1.165) is 33.9 Å².